The van der Waals surface area contributed by atoms with Crippen molar-refractivity contribution in [3.63, 3.8) is 0 Å². The van der Waals surface area contributed by atoms with Gasteiger partial charge in [-0.2, -0.15) is 0 Å². The van der Waals surface area contributed by atoms with Gasteiger partial charge in [0.15, 0.2) is 5.54 Å². The van der Waals surface area contributed by atoms with Crippen LogP contribution in [0.15, 0.2) is 35.7 Å². The number of anilines is 1. The summed E-state index contributed by atoms with van der Waals surface area (Å²) in [5, 5.41) is 7.47. The van der Waals surface area contributed by atoms with E-state index in [1.165, 1.54) is 11.3 Å². The van der Waals surface area contributed by atoms with Crippen molar-refractivity contribution in [2.75, 3.05) is 11.9 Å². The summed E-state index contributed by atoms with van der Waals surface area (Å²) in [4.78, 5) is 39.5. The molecule has 0 radical (unpaired) electrons. The van der Waals surface area contributed by atoms with Gasteiger partial charge in [0.25, 0.3) is 5.91 Å². The van der Waals surface area contributed by atoms with Crippen LogP contribution in [0, 0.1) is 0 Å². The van der Waals surface area contributed by atoms with Crippen LogP contribution in [0.25, 0.3) is 0 Å². The van der Waals surface area contributed by atoms with Crippen LogP contribution < -0.4 is 10.6 Å². The zero-order valence-corrected chi connectivity index (χ0v) is 16.5. The lowest BCUT2D eigenvalue weighted by Crippen LogP contribution is -2.41. The average Bonchev–Trinajstić information content (AvgIpc) is 3.26. The second-order valence-corrected chi connectivity index (χ2v) is 7.58. The molecular formula is C20H23N3O3S. The number of benzene rings is 1. The van der Waals surface area contributed by atoms with Gasteiger partial charge in [0.2, 0.25) is 5.91 Å². The summed E-state index contributed by atoms with van der Waals surface area (Å²) in [7, 11) is 0. The minimum Gasteiger partial charge on any atom is -0.324 e. The van der Waals surface area contributed by atoms with Crippen molar-refractivity contribution in [2.45, 2.75) is 39.2 Å². The molecule has 0 saturated carbocycles. The lowest BCUT2D eigenvalue weighted by molar-refractivity contribution is -0.133. The monoisotopic (exact) mass is 385 g/mol. The molecule has 27 heavy (non-hydrogen) atoms. The fourth-order valence-electron chi connectivity index (χ4n) is 3.30. The normalized spacial score (nSPS) is 19.3. The number of hydrogen-bond donors (Lipinski definition) is 2. The second-order valence-electron chi connectivity index (χ2n) is 6.63. The first-order valence-electron chi connectivity index (χ1n) is 8.99. The lowest BCUT2D eigenvalue weighted by atomic mass is 10.0. The maximum atomic E-state index is 12.8. The molecule has 4 amide bonds. The SMILES string of the molecule is CCc1cccc(CC)c1NC(=O)CN1C(=O)NC(C)(c2cccs2)C1=O. The molecule has 7 heteroatoms. The number of nitrogens with zero attached hydrogens (tertiary/aromatic N) is 1. The summed E-state index contributed by atoms with van der Waals surface area (Å²) >= 11 is 1.40. The summed E-state index contributed by atoms with van der Waals surface area (Å²) < 4.78 is 0. The van der Waals surface area contributed by atoms with E-state index in [2.05, 4.69) is 10.6 Å². The van der Waals surface area contributed by atoms with Crippen LogP contribution in [0.2, 0.25) is 0 Å². The average molecular weight is 385 g/mol. The van der Waals surface area contributed by atoms with E-state index >= 15 is 0 Å². The molecule has 2 aromatic rings. The number of aryl methyl sites for hydroxylation is 2. The molecule has 142 valence electrons. The number of rotatable bonds is 6. The molecule has 2 heterocycles. The van der Waals surface area contributed by atoms with E-state index in [1.807, 2.05) is 43.5 Å². The zero-order chi connectivity index (χ0) is 19.6. The molecule has 1 unspecified atom stereocenters. The molecule has 0 bridgehead atoms. The molecule has 3 rings (SSSR count). The Labute approximate surface area is 162 Å². The van der Waals surface area contributed by atoms with Gasteiger partial charge in [-0.05, 0) is 42.3 Å². The van der Waals surface area contributed by atoms with E-state index in [1.54, 1.807) is 13.0 Å². The Hall–Kier alpha value is -2.67. The van der Waals surface area contributed by atoms with Crippen molar-refractivity contribution in [1.29, 1.82) is 0 Å². The molecule has 0 aliphatic carbocycles. The number of amides is 4. The number of urea groups is 1. The van der Waals surface area contributed by atoms with Crippen LogP contribution in [0.5, 0.6) is 0 Å². The molecule has 1 atom stereocenters. The quantitative estimate of drug-likeness (QED) is 0.749. The molecule has 0 spiro atoms. The van der Waals surface area contributed by atoms with E-state index in [9.17, 15) is 14.4 Å². The molecule has 1 aliphatic rings. The summed E-state index contributed by atoms with van der Waals surface area (Å²) in [6.45, 7) is 5.40. The highest BCUT2D eigenvalue weighted by Gasteiger charge is 2.50. The number of hydrogen-bond acceptors (Lipinski definition) is 4. The smallest absolute Gasteiger partial charge is 0.324 e. The van der Waals surface area contributed by atoms with Crippen LogP contribution in [0.4, 0.5) is 10.5 Å². The maximum Gasteiger partial charge on any atom is 0.325 e. The molecule has 6 nitrogen and oxygen atoms in total. The second kappa shape index (κ2) is 7.52. The van der Waals surface area contributed by atoms with Gasteiger partial charge >= 0.3 is 6.03 Å². The molecule has 1 aromatic heterocycles. The van der Waals surface area contributed by atoms with Crippen molar-refractivity contribution in [3.8, 4) is 0 Å². The van der Waals surface area contributed by atoms with Crippen molar-refractivity contribution in [1.82, 2.24) is 10.2 Å². The molecule has 1 saturated heterocycles. The number of imide groups is 1. The van der Waals surface area contributed by atoms with E-state index in [0.717, 1.165) is 39.4 Å². The summed E-state index contributed by atoms with van der Waals surface area (Å²) in [6.07, 6.45) is 1.56. The van der Waals surface area contributed by atoms with E-state index in [0.29, 0.717) is 0 Å². The lowest BCUT2D eigenvalue weighted by Gasteiger charge is -2.20. The summed E-state index contributed by atoms with van der Waals surface area (Å²) in [6, 6.07) is 8.99. The third-order valence-electron chi connectivity index (χ3n) is 4.85. The van der Waals surface area contributed by atoms with E-state index < -0.39 is 17.5 Å². The fraction of sp³-hybridized carbons (Fsp3) is 0.350. The fourth-order valence-corrected chi connectivity index (χ4v) is 4.13. The van der Waals surface area contributed by atoms with Gasteiger partial charge in [0.1, 0.15) is 6.54 Å². The third-order valence-corrected chi connectivity index (χ3v) is 5.95. The Kier molecular flexibility index (Phi) is 5.32. The molecule has 1 aliphatic heterocycles. The minimum absolute atomic E-state index is 0.313. The molecule has 1 aromatic carbocycles. The first-order valence-corrected chi connectivity index (χ1v) is 9.87. The van der Waals surface area contributed by atoms with Gasteiger partial charge in [0, 0.05) is 10.6 Å². The van der Waals surface area contributed by atoms with Gasteiger partial charge in [-0.15, -0.1) is 11.3 Å². The van der Waals surface area contributed by atoms with Gasteiger partial charge < -0.3 is 10.6 Å². The van der Waals surface area contributed by atoms with Gasteiger partial charge in [-0.25, -0.2) is 4.79 Å². The summed E-state index contributed by atoms with van der Waals surface area (Å²) in [5.74, 6) is -0.797. The van der Waals surface area contributed by atoms with Gasteiger partial charge in [0.05, 0.1) is 0 Å². The predicted molar refractivity (Wildman–Crippen MR) is 106 cm³/mol. The maximum absolute atomic E-state index is 12.8. The van der Waals surface area contributed by atoms with Gasteiger partial charge in [-0.3, -0.25) is 14.5 Å². The minimum atomic E-state index is -1.12. The van der Waals surface area contributed by atoms with E-state index in [4.69, 9.17) is 0 Å². The molecule has 2 N–H and O–H groups in total. The number of thiophene rings is 1. The molecular weight excluding hydrogens is 362 g/mol. The van der Waals surface area contributed by atoms with Crippen LogP contribution in [0.1, 0.15) is 36.8 Å². The standard InChI is InChI=1S/C20H23N3O3S/c1-4-13-8-6-9-14(5-2)17(13)21-16(24)12-23-18(25)20(3,22-19(23)26)15-10-7-11-27-15/h6-11H,4-5,12H2,1-3H3,(H,21,24)(H,22,26). The highest BCUT2D eigenvalue weighted by molar-refractivity contribution is 7.10. The first kappa shape index (κ1) is 19.1. The van der Waals surface area contributed by atoms with Crippen molar-refractivity contribution >= 4 is 34.9 Å². The Morgan fingerprint density at radius 2 is 1.81 bits per heavy atom. The zero-order valence-electron chi connectivity index (χ0n) is 15.7. The van der Waals surface area contributed by atoms with Crippen LogP contribution >= 0.6 is 11.3 Å². The predicted octanol–water partition coefficient (Wildman–Crippen LogP) is 3.28. The molecule has 1 fully saturated rings. The van der Waals surface area contributed by atoms with Crippen LogP contribution in [0.3, 0.4) is 0 Å². The van der Waals surface area contributed by atoms with Crippen LogP contribution in [-0.2, 0) is 28.0 Å². The van der Waals surface area contributed by atoms with E-state index in [-0.39, 0.29) is 12.5 Å². The highest BCUT2D eigenvalue weighted by Crippen LogP contribution is 2.32. The highest BCUT2D eigenvalue weighted by atomic mass is 32.1. The van der Waals surface area contributed by atoms with Crippen molar-refractivity contribution in [2.24, 2.45) is 0 Å². The largest absolute Gasteiger partial charge is 0.325 e. The Balaban J connectivity index is 1.77. The third kappa shape index (κ3) is 3.47. The Morgan fingerprint density at radius 3 is 2.37 bits per heavy atom. The number of nitrogens with one attached hydrogen (secondary N) is 2. The van der Waals surface area contributed by atoms with Crippen molar-refractivity contribution < 1.29 is 14.4 Å². The Morgan fingerprint density at radius 1 is 1.15 bits per heavy atom. The number of carbonyl (C=O) groups excluding carboxylic acids is 3. The van der Waals surface area contributed by atoms with Crippen molar-refractivity contribution in [3.05, 3.63) is 51.7 Å². The number of para-hydroxylation sites is 1. The number of carbonyl (C=O) groups is 3. The summed E-state index contributed by atoms with van der Waals surface area (Å²) in [5.41, 5.74) is 1.72. The van der Waals surface area contributed by atoms with Gasteiger partial charge in [-0.1, -0.05) is 38.1 Å². The first-order chi connectivity index (χ1) is 12.9. The Bertz CT molecular complexity index is 856. The van der Waals surface area contributed by atoms with Crippen LogP contribution in [-0.4, -0.2) is 29.3 Å². The topological polar surface area (TPSA) is 78.5 Å².